The Kier molecular flexibility index (Phi) is 5.04. The number of piperidine rings is 1. The Bertz CT molecular complexity index is 727. The number of hydrogen-bond acceptors (Lipinski definition) is 5. The molecule has 154 valence electrons. The van der Waals surface area contributed by atoms with E-state index >= 15 is 0 Å². The second kappa shape index (κ2) is 7.23. The summed E-state index contributed by atoms with van der Waals surface area (Å²) >= 11 is 0. The highest BCUT2D eigenvalue weighted by atomic mass is 16.6. The van der Waals surface area contributed by atoms with Gasteiger partial charge in [0.25, 0.3) is 0 Å². The number of benzene rings is 1. The number of carbonyl (C=O) groups is 1. The van der Waals surface area contributed by atoms with Crippen LogP contribution in [0.5, 0.6) is 5.75 Å². The maximum absolute atomic E-state index is 12.7. The molecule has 0 saturated carbocycles. The van der Waals surface area contributed by atoms with Gasteiger partial charge >= 0.3 is 6.09 Å². The van der Waals surface area contributed by atoms with Crippen molar-refractivity contribution in [3.8, 4) is 5.75 Å². The minimum Gasteiger partial charge on any atom is -0.493 e. The molecule has 6 nitrogen and oxygen atoms in total. The topological polar surface area (TPSA) is 68.2 Å². The third-order valence-corrected chi connectivity index (χ3v) is 5.88. The van der Waals surface area contributed by atoms with E-state index in [9.17, 15) is 9.90 Å². The van der Waals surface area contributed by atoms with Crippen LogP contribution in [-0.4, -0.2) is 59.2 Å². The molecule has 2 atom stereocenters. The Labute approximate surface area is 166 Å². The van der Waals surface area contributed by atoms with Crippen LogP contribution in [0.4, 0.5) is 4.79 Å². The maximum atomic E-state index is 12.7. The smallest absolute Gasteiger partial charge is 0.410 e. The molecule has 0 aromatic heterocycles. The van der Waals surface area contributed by atoms with Crippen LogP contribution in [-0.2, 0) is 22.3 Å². The van der Waals surface area contributed by atoms with E-state index in [1.165, 1.54) is 11.1 Å². The molecule has 2 bridgehead atoms. The molecule has 6 heteroatoms. The molecule has 2 fully saturated rings. The van der Waals surface area contributed by atoms with Crippen molar-refractivity contribution in [2.24, 2.45) is 0 Å². The van der Waals surface area contributed by atoms with E-state index in [-0.39, 0.29) is 18.2 Å². The number of morpholine rings is 1. The lowest BCUT2D eigenvalue weighted by Gasteiger charge is -2.51. The first-order chi connectivity index (χ1) is 13.2. The van der Waals surface area contributed by atoms with Gasteiger partial charge in [0.15, 0.2) is 0 Å². The fourth-order valence-electron chi connectivity index (χ4n) is 4.66. The average molecular weight is 389 g/mol. The van der Waals surface area contributed by atoms with Crippen LogP contribution in [0.2, 0.25) is 0 Å². The number of carbonyl (C=O) groups excluding carboxylic acids is 1. The standard InChI is InChI=1S/C22H31NO5/c1-21(2,3)28-20(24)23-17-11-22(25,12-18(23)14-26-13-17)8-6-15-4-5-19-16(10-15)7-9-27-19/h4-5,10,17-18,25H,6-9,11-14H2,1-3H3. The Balaban J connectivity index is 1.42. The minimum absolute atomic E-state index is 0.138. The van der Waals surface area contributed by atoms with E-state index in [2.05, 4.69) is 12.1 Å². The molecule has 28 heavy (non-hydrogen) atoms. The van der Waals surface area contributed by atoms with Crippen molar-refractivity contribution < 1.29 is 24.1 Å². The molecule has 2 saturated heterocycles. The van der Waals surface area contributed by atoms with Crippen LogP contribution >= 0.6 is 0 Å². The second-order valence-corrected chi connectivity index (χ2v) is 9.41. The van der Waals surface area contributed by atoms with E-state index in [4.69, 9.17) is 14.2 Å². The molecule has 0 radical (unpaired) electrons. The van der Waals surface area contributed by atoms with Crippen molar-refractivity contribution in [2.45, 2.75) is 76.2 Å². The molecular formula is C22H31NO5. The van der Waals surface area contributed by atoms with Gasteiger partial charge in [-0.15, -0.1) is 0 Å². The molecule has 2 unspecified atom stereocenters. The van der Waals surface area contributed by atoms with Crippen LogP contribution in [0.1, 0.15) is 51.2 Å². The van der Waals surface area contributed by atoms with Crippen molar-refractivity contribution in [3.05, 3.63) is 29.3 Å². The Hall–Kier alpha value is -1.79. The number of ether oxygens (including phenoxy) is 3. The summed E-state index contributed by atoms with van der Waals surface area (Å²) < 4.78 is 16.8. The lowest BCUT2D eigenvalue weighted by atomic mass is 9.78. The van der Waals surface area contributed by atoms with E-state index in [1.54, 1.807) is 4.90 Å². The van der Waals surface area contributed by atoms with Gasteiger partial charge in [0, 0.05) is 6.42 Å². The summed E-state index contributed by atoms with van der Waals surface area (Å²) in [5.74, 6) is 0.986. The molecule has 4 rings (SSSR count). The van der Waals surface area contributed by atoms with Gasteiger partial charge < -0.3 is 19.3 Å². The van der Waals surface area contributed by atoms with Crippen LogP contribution in [0.3, 0.4) is 0 Å². The van der Waals surface area contributed by atoms with E-state index < -0.39 is 11.2 Å². The number of hydrogen-bond donors (Lipinski definition) is 1. The fraction of sp³-hybridized carbons (Fsp3) is 0.682. The van der Waals surface area contributed by atoms with Gasteiger partial charge in [0.1, 0.15) is 11.4 Å². The number of aryl methyl sites for hydroxylation is 1. The molecule has 1 aromatic rings. The SMILES string of the molecule is CC(C)(C)OC(=O)N1C2COCC1CC(O)(CCc1ccc3c(c1)CCO3)C2. The maximum Gasteiger partial charge on any atom is 0.410 e. The third-order valence-electron chi connectivity index (χ3n) is 5.88. The monoisotopic (exact) mass is 389 g/mol. The normalized spacial score (nSPS) is 29.2. The summed E-state index contributed by atoms with van der Waals surface area (Å²) in [5, 5.41) is 11.3. The summed E-state index contributed by atoms with van der Waals surface area (Å²) in [7, 11) is 0. The lowest BCUT2D eigenvalue weighted by Crippen LogP contribution is -2.64. The zero-order valence-corrected chi connectivity index (χ0v) is 17.1. The van der Waals surface area contributed by atoms with Gasteiger partial charge in [0.05, 0.1) is 37.5 Å². The van der Waals surface area contributed by atoms with Crippen molar-refractivity contribution in [1.29, 1.82) is 0 Å². The Morgan fingerprint density at radius 3 is 2.68 bits per heavy atom. The lowest BCUT2D eigenvalue weighted by molar-refractivity contribution is -0.139. The number of fused-ring (bicyclic) bond motifs is 3. The van der Waals surface area contributed by atoms with E-state index in [1.807, 2.05) is 26.8 Å². The van der Waals surface area contributed by atoms with Crippen molar-refractivity contribution in [3.63, 3.8) is 0 Å². The largest absolute Gasteiger partial charge is 0.493 e. The fourth-order valence-corrected chi connectivity index (χ4v) is 4.66. The van der Waals surface area contributed by atoms with Gasteiger partial charge in [-0.3, -0.25) is 4.90 Å². The summed E-state index contributed by atoms with van der Waals surface area (Å²) in [5.41, 5.74) is 1.17. The van der Waals surface area contributed by atoms with Gasteiger partial charge in [-0.1, -0.05) is 12.1 Å². The third kappa shape index (κ3) is 4.13. The molecule has 1 amide bonds. The summed E-state index contributed by atoms with van der Waals surface area (Å²) in [6, 6.07) is 6.05. The zero-order chi connectivity index (χ0) is 19.9. The molecule has 0 aliphatic carbocycles. The van der Waals surface area contributed by atoms with Gasteiger partial charge in [-0.25, -0.2) is 4.79 Å². The first kappa shape index (κ1) is 19.5. The molecule has 0 spiro atoms. The number of rotatable bonds is 3. The highest BCUT2D eigenvalue weighted by Gasteiger charge is 2.48. The highest BCUT2D eigenvalue weighted by Crippen LogP contribution is 2.38. The minimum atomic E-state index is -0.785. The van der Waals surface area contributed by atoms with E-state index in [0.29, 0.717) is 32.5 Å². The zero-order valence-electron chi connectivity index (χ0n) is 17.1. The summed E-state index contributed by atoms with van der Waals surface area (Å²) in [4.78, 5) is 14.5. The molecule has 1 aromatic carbocycles. The van der Waals surface area contributed by atoms with Crippen molar-refractivity contribution in [2.75, 3.05) is 19.8 Å². The quantitative estimate of drug-likeness (QED) is 0.860. The molecule has 3 heterocycles. The molecular weight excluding hydrogens is 358 g/mol. The van der Waals surface area contributed by atoms with Gasteiger partial charge in [-0.05, 0) is 63.6 Å². The summed E-state index contributed by atoms with van der Waals surface area (Å²) in [6.07, 6.45) is 3.21. The van der Waals surface area contributed by atoms with Crippen LogP contribution < -0.4 is 4.74 Å². The van der Waals surface area contributed by atoms with Crippen LogP contribution in [0, 0.1) is 0 Å². The highest BCUT2D eigenvalue weighted by molar-refractivity contribution is 5.69. The predicted octanol–water partition coefficient (Wildman–Crippen LogP) is 3.08. The molecule has 3 aliphatic rings. The predicted molar refractivity (Wildman–Crippen MR) is 105 cm³/mol. The Morgan fingerprint density at radius 2 is 2.00 bits per heavy atom. The first-order valence-corrected chi connectivity index (χ1v) is 10.3. The van der Waals surface area contributed by atoms with Crippen molar-refractivity contribution >= 4 is 6.09 Å². The number of nitrogens with zero attached hydrogens (tertiary/aromatic N) is 1. The Morgan fingerprint density at radius 1 is 1.29 bits per heavy atom. The second-order valence-electron chi connectivity index (χ2n) is 9.41. The van der Waals surface area contributed by atoms with Crippen molar-refractivity contribution in [1.82, 2.24) is 4.90 Å². The number of aliphatic hydroxyl groups is 1. The average Bonchev–Trinajstić information content (AvgIpc) is 3.05. The van der Waals surface area contributed by atoms with Gasteiger partial charge in [-0.2, -0.15) is 0 Å². The first-order valence-electron chi connectivity index (χ1n) is 10.3. The van der Waals surface area contributed by atoms with Gasteiger partial charge in [0.2, 0.25) is 0 Å². The molecule has 1 N–H and O–H groups in total. The van der Waals surface area contributed by atoms with E-state index in [0.717, 1.165) is 25.2 Å². The van der Waals surface area contributed by atoms with Crippen LogP contribution in [0.15, 0.2) is 18.2 Å². The molecule has 3 aliphatic heterocycles. The van der Waals surface area contributed by atoms with Crippen LogP contribution in [0.25, 0.3) is 0 Å². The number of amides is 1. The summed E-state index contributed by atoms with van der Waals surface area (Å²) in [6.45, 7) is 7.28.